The Morgan fingerprint density at radius 3 is 2.78 bits per heavy atom. The maximum atomic E-state index is 11.4. The van der Waals surface area contributed by atoms with Crippen LogP contribution in [0.25, 0.3) is 11.3 Å². The zero-order valence-corrected chi connectivity index (χ0v) is 10.1. The van der Waals surface area contributed by atoms with E-state index >= 15 is 0 Å². The number of carbonyl (C=O) groups is 1. The van der Waals surface area contributed by atoms with Crippen molar-refractivity contribution >= 4 is 11.7 Å². The summed E-state index contributed by atoms with van der Waals surface area (Å²) in [5.41, 5.74) is 1.63. The van der Waals surface area contributed by atoms with E-state index in [1.165, 1.54) is 0 Å². The predicted molar refractivity (Wildman–Crippen MR) is 68.8 cm³/mol. The Balaban J connectivity index is 2.09. The molecular weight excluding hydrogens is 228 g/mol. The summed E-state index contributed by atoms with van der Waals surface area (Å²) in [5.74, 6) is 0.432. The number of hydrogen-bond acceptors (Lipinski definition) is 4. The minimum absolute atomic E-state index is 0.0408. The first-order valence-corrected chi connectivity index (χ1v) is 5.82. The summed E-state index contributed by atoms with van der Waals surface area (Å²) in [6, 6.07) is 3.75. The molecule has 1 N–H and O–H groups in total. The fourth-order valence-corrected chi connectivity index (χ4v) is 1.49. The normalized spacial score (nSPS) is 10.1. The lowest BCUT2D eigenvalue weighted by atomic mass is 10.2. The molecule has 2 rings (SSSR count). The van der Waals surface area contributed by atoms with Gasteiger partial charge in [-0.15, -0.1) is 0 Å². The first-order chi connectivity index (χ1) is 8.79. The Kier molecular flexibility index (Phi) is 3.96. The minimum Gasteiger partial charge on any atom is -0.309 e. The number of carbonyl (C=O) groups excluding carboxylic acids is 1. The highest BCUT2D eigenvalue weighted by atomic mass is 16.1. The van der Waals surface area contributed by atoms with Crippen molar-refractivity contribution in [2.45, 2.75) is 19.8 Å². The number of nitrogens with zero attached hydrogens (tertiary/aromatic N) is 3. The van der Waals surface area contributed by atoms with Gasteiger partial charge in [0.25, 0.3) is 0 Å². The van der Waals surface area contributed by atoms with Crippen LogP contribution in [-0.4, -0.2) is 20.9 Å². The number of amides is 1. The SMILES string of the molecule is CCCC(=O)Nc1cnc(-c2cccnc2)cn1. The first-order valence-electron chi connectivity index (χ1n) is 5.82. The maximum absolute atomic E-state index is 11.4. The molecule has 0 spiro atoms. The van der Waals surface area contributed by atoms with E-state index in [2.05, 4.69) is 20.3 Å². The average molecular weight is 242 g/mol. The van der Waals surface area contributed by atoms with E-state index in [1.807, 2.05) is 19.1 Å². The molecule has 2 aromatic rings. The fourth-order valence-electron chi connectivity index (χ4n) is 1.49. The Morgan fingerprint density at radius 2 is 2.17 bits per heavy atom. The molecule has 5 nitrogen and oxygen atoms in total. The van der Waals surface area contributed by atoms with Gasteiger partial charge in [0.15, 0.2) is 5.82 Å². The molecule has 5 heteroatoms. The van der Waals surface area contributed by atoms with Crippen molar-refractivity contribution in [3.05, 3.63) is 36.9 Å². The van der Waals surface area contributed by atoms with Gasteiger partial charge < -0.3 is 5.32 Å². The van der Waals surface area contributed by atoms with Crippen LogP contribution in [0.15, 0.2) is 36.9 Å². The van der Waals surface area contributed by atoms with E-state index in [-0.39, 0.29) is 5.91 Å². The highest BCUT2D eigenvalue weighted by molar-refractivity contribution is 5.89. The molecule has 0 aromatic carbocycles. The molecule has 92 valence electrons. The lowest BCUT2D eigenvalue weighted by molar-refractivity contribution is -0.116. The smallest absolute Gasteiger partial charge is 0.225 e. The van der Waals surface area contributed by atoms with Crippen LogP contribution in [0.5, 0.6) is 0 Å². The molecule has 0 aliphatic rings. The maximum Gasteiger partial charge on any atom is 0.225 e. The third kappa shape index (κ3) is 3.10. The van der Waals surface area contributed by atoms with Gasteiger partial charge in [-0.25, -0.2) is 4.98 Å². The van der Waals surface area contributed by atoms with Gasteiger partial charge in [-0.2, -0.15) is 0 Å². The zero-order valence-electron chi connectivity index (χ0n) is 10.1. The third-order valence-corrected chi connectivity index (χ3v) is 2.35. The second-order valence-corrected chi connectivity index (χ2v) is 3.83. The van der Waals surface area contributed by atoms with E-state index < -0.39 is 0 Å². The summed E-state index contributed by atoms with van der Waals surface area (Å²) < 4.78 is 0. The highest BCUT2D eigenvalue weighted by Crippen LogP contribution is 2.14. The van der Waals surface area contributed by atoms with E-state index in [0.717, 1.165) is 17.7 Å². The summed E-state index contributed by atoms with van der Waals surface area (Å²) >= 11 is 0. The average Bonchev–Trinajstić information content (AvgIpc) is 2.41. The van der Waals surface area contributed by atoms with Crippen LogP contribution in [0.4, 0.5) is 5.82 Å². The van der Waals surface area contributed by atoms with Crippen molar-refractivity contribution in [2.75, 3.05) is 5.32 Å². The van der Waals surface area contributed by atoms with Gasteiger partial charge in [0, 0.05) is 24.4 Å². The van der Waals surface area contributed by atoms with Crippen molar-refractivity contribution in [2.24, 2.45) is 0 Å². The van der Waals surface area contributed by atoms with Gasteiger partial charge >= 0.3 is 0 Å². The Labute approximate surface area is 105 Å². The second-order valence-electron chi connectivity index (χ2n) is 3.83. The number of pyridine rings is 1. The number of anilines is 1. The highest BCUT2D eigenvalue weighted by Gasteiger charge is 2.03. The molecular formula is C13H14N4O. The molecule has 0 bridgehead atoms. The van der Waals surface area contributed by atoms with Gasteiger partial charge in [-0.05, 0) is 18.6 Å². The topological polar surface area (TPSA) is 67.8 Å². The van der Waals surface area contributed by atoms with Crippen LogP contribution in [0.2, 0.25) is 0 Å². The largest absolute Gasteiger partial charge is 0.309 e. The molecule has 0 radical (unpaired) electrons. The van der Waals surface area contributed by atoms with E-state index in [0.29, 0.717) is 12.2 Å². The third-order valence-electron chi connectivity index (χ3n) is 2.35. The van der Waals surface area contributed by atoms with Gasteiger partial charge in [0.05, 0.1) is 18.1 Å². The number of rotatable bonds is 4. The molecule has 0 saturated carbocycles. The molecule has 0 aliphatic heterocycles. The van der Waals surface area contributed by atoms with Gasteiger partial charge in [0.2, 0.25) is 5.91 Å². The van der Waals surface area contributed by atoms with Crippen molar-refractivity contribution in [3.8, 4) is 11.3 Å². The van der Waals surface area contributed by atoms with Gasteiger partial charge in [-0.3, -0.25) is 14.8 Å². The van der Waals surface area contributed by atoms with Gasteiger partial charge in [-0.1, -0.05) is 6.92 Å². The summed E-state index contributed by atoms with van der Waals surface area (Å²) in [4.78, 5) is 23.8. The van der Waals surface area contributed by atoms with Crippen LogP contribution in [0.3, 0.4) is 0 Å². The van der Waals surface area contributed by atoms with Gasteiger partial charge in [0.1, 0.15) is 0 Å². The number of nitrogens with one attached hydrogen (secondary N) is 1. The van der Waals surface area contributed by atoms with E-state index in [9.17, 15) is 4.79 Å². The number of aromatic nitrogens is 3. The summed E-state index contributed by atoms with van der Waals surface area (Å²) in [6.07, 6.45) is 7.91. The zero-order chi connectivity index (χ0) is 12.8. The summed E-state index contributed by atoms with van der Waals surface area (Å²) in [5, 5.41) is 2.69. The Morgan fingerprint density at radius 1 is 1.28 bits per heavy atom. The minimum atomic E-state index is -0.0408. The van der Waals surface area contributed by atoms with Crippen molar-refractivity contribution in [1.82, 2.24) is 15.0 Å². The summed E-state index contributed by atoms with van der Waals surface area (Å²) in [6.45, 7) is 1.96. The standard InChI is InChI=1S/C13H14N4O/c1-2-4-13(18)17-12-9-15-11(8-16-12)10-5-3-6-14-7-10/h3,5-9H,2,4H2,1H3,(H,16,17,18). The molecule has 0 unspecified atom stereocenters. The lowest BCUT2D eigenvalue weighted by Crippen LogP contribution is -2.11. The quantitative estimate of drug-likeness (QED) is 0.893. The van der Waals surface area contributed by atoms with Crippen molar-refractivity contribution in [3.63, 3.8) is 0 Å². The van der Waals surface area contributed by atoms with Crippen LogP contribution in [0, 0.1) is 0 Å². The molecule has 2 aromatic heterocycles. The molecule has 0 fully saturated rings. The molecule has 0 atom stereocenters. The molecule has 18 heavy (non-hydrogen) atoms. The fraction of sp³-hybridized carbons (Fsp3) is 0.231. The Hall–Kier alpha value is -2.30. The van der Waals surface area contributed by atoms with Crippen LogP contribution in [0.1, 0.15) is 19.8 Å². The van der Waals surface area contributed by atoms with Crippen LogP contribution < -0.4 is 5.32 Å². The first kappa shape index (κ1) is 12.2. The van der Waals surface area contributed by atoms with Crippen molar-refractivity contribution in [1.29, 1.82) is 0 Å². The van der Waals surface area contributed by atoms with Crippen LogP contribution >= 0.6 is 0 Å². The monoisotopic (exact) mass is 242 g/mol. The van der Waals surface area contributed by atoms with E-state index in [1.54, 1.807) is 24.8 Å². The number of hydrogen-bond donors (Lipinski definition) is 1. The molecule has 2 heterocycles. The second kappa shape index (κ2) is 5.86. The molecule has 0 aliphatic carbocycles. The molecule has 0 saturated heterocycles. The summed E-state index contributed by atoms with van der Waals surface area (Å²) in [7, 11) is 0. The van der Waals surface area contributed by atoms with Crippen molar-refractivity contribution < 1.29 is 4.79 Å². The predicted octanol–water partition coefficient (Wildman–Crippen LogP) is 2.28. The molecule has 1 amide bonds. The Bertz CT molecular complexity index is 510. The lowest BCUT2D eigenvalue weighted by Gasteiger charge is -2.04. The van der Waals surface area contributed by atoms with E-state index in [4.69, 9.17) is 0 Å². The van der Waals surface area contributed by atoms with Crippen LogP contribution in [-0.2, 0) is 4.79 Å².